The van der Waals surface area contributed by atoms with E-state index < -0.39 is 0 Å². The number of benzene rings is 1. The molecule has 0 aliphatic heterocycles. The van der Waals surface area contributed by atoms with Gasteiger partial charge in [0.15, 0.2) is 0 Å². The van der Waals surface area contributed by atoms with Crippen LogP contribution >= 0.6 is 0 Å². The molecule has 0 spiro atoms. The third-order valence-electron chi connectivity index (χ3n) is 2.24. The van der Waals surface area contributed by atoms with Crippen LogP contribution in [-0.2, 0) is 0 Å². The largest absolute Gasteiger partial charge is 0.340 e. The number of aromatic nitrogens is 1. The van der Waals surface area contributed by atoms with Gasteiger partial charge in [0.05, 0.1) is 0 Å². The Balaban J connectivity index is 2.21. The number of anilines is 2. The summed E-state index contributed by atoms with van der Waals surface area (Å²) in [6, 6.07) is 10.8. The van der Waals surface area contributed by atoms with E-state index in [1.807, 2.05) is 19.1 Å². The summed E-state index contributed by atoms with van der Waals surface area (Å²) in [5, 5.41) is 6.01. The minimum absolute atomic E-state index is 0.420. The first-order valence-corrected chi connectivity index (χ1v) is 4.91. The Morgan fingerprint density at radius 1 is 1.19 bits per heavy atom. The second-order valence-corrected chi connectivity index (χ2v) is 3.43. The second kappa shape index (κ2) is 4.53. The van der Waals surface area contributed by atoms with Crippen LogP contribution in [0.1, 0.15) is 5.56 Å². The van der Waals surface area contributed by atoms with Gasteiger partial charge < -0.3 is 5.32 Å². The predicted molar refractivity (Wildman–Crippen MR) is 64.2 cm³/mol. The summed E-state index contributed by atoms with van der Waals surface area (Å²) in [4.78, 5) is 14.5. The van der Waals surface area contributed by atoms with Crippen molar-refractivity contribution in [1.82, 2.24) is 4.98 Å². The summed E-state index contributed by atoms with van der Waals surface area (Å²) in [6.45, 7) is 1.98. The molecule has 0 amide bonds. The van der Waals surface area contributed by atoms with E-state index in [-0.39, 0.29) is 0 Å². The fourth-order valence-corrected chi connectivity index (χ4v) is 1.36. The summed E-state index contributed by atoms with van der Waals surface area (Å²) in [7, 11) is 0. The van der Waals surface area contributed by atoms with E-state index in [2.05, 4.69) is 15.5 Å². The first-order valence-electron chi connectivity index (χ1n) is 4.91. The van der Waals surface area contributed by atoms with Crippen molar-refractivity contribution in [2.45, 2.75) is 6.92 Å². The lowest BCUT2D eigenvalue weighted by Crippen LogP contribution is -1.95. The maximum atomic E-state index is 10.2. The van der Waals surface area contributed by atoms with Crippen molar-refractivity contribution < 1.29 is 0 Å². The first-order chi connectivity index (χ1) is 7.79. The Labute approximate surface area is 93.3 Å². The van der Waals surface area contributed by atoms with Crippen molar-refractivity contribution in [1.29, 1.82) is 0 Å². The van der Waals surface area contributed by atoms with Crippen LogP contribution in [0.15, 0.2) is 47.8 Å². The third kappa shape index (κ3) is 2.23. The fourth-order valence-electron chi connectivity index (χ4n) is 1.36. The fraction of sp³-hybridized carbons (Fsp3) is 0.0833. The van der Waals surface area contributed by atoms with Crippen LogP contribution < -0.4 is 5.32 Å². The average Bonchev–Trinajstić information content (AvgIpc) is 2.33. The molecule has 1 aromatic carbocycles. The molecule has 0 radical (unpaired) electrons. The maximum absolute atomic E-state index is 10.2. The van der Waals surface area contributed by atoms with Crippen LogP contribution in [0.2, 0.25) is 0 Å². The Bertz CT molecular complexity index is 494. The van der Waals surface area contributed by atoms with E-state index >= 15 is 0 Å². The van der Waals surface area contributed by atoms with E-state index in [1.54, 1.807) is 30.5 Å². The Kier molecular flexibility index (Phi) is 2.91. The maximum Gasteiger partial charge on any atom is 0.133 e. The molecule has 1 N–H and O–H groups in total. The highest BCUT2D eigenvalue weighted by Gasteiger charge is 1.99. The lowest BCUT2D eigenvalue weighted by Gasteiger charge is -2.07. The molecule has 1 heterocycles. The summed E-state index contributed by atoms with van der Waals surface area (Å²) < 4.78 is 0. The van der Waals surface area contributed by atoms with Crippen LogP contribution in [0.25, 0.3) is 0 Å². The van der Waals surface area contributed by atoms with Crippen molar-refractivity contribution in [3.63, 3.8) is 0 Å². The number of pyridine rings is 1. The van der Waals surface area contributed by atoms with Crippen LogP contribution in [0.5, 0.6) is 0 Å². The van der Waals surface area contributed by atoms with E-state index in [4.69, 9.17) is 0 Å². The van der Waals surface area contributed by atoms with Crippen molar-refractivity contribution in [2.75, 3.05) is 5.32 Å². The summed E-state index contributed by atoms with van der Waals surface area (Å²) in [5.41, 5.74) is 2.37. The number of nitrogens with zero attached hydrogens (tertiary/aromatic N) is 2. The van der Waals surface area contributed by atoms with E-state index in [9.17, 15) is 4.91 Å². The molecule has 0 saturated heterocycles. The van der Waals surface area contributed by atoms with Gasteiger partial charge in [-0.05, 0) is 48.0 Å². The van der Waals surface area contributed by atoms with Gasteiger partial charge in [0.1, 0.15) is 11.5 Å². The Hall–Kier alpha value is -2.23. The molecule has 16 heavy (non-hydrogen) atoms. The normalized spacial score (nSPS) is 9.81. The molecule has 0 saturated carbocycles. The minimum Gasteiger partial charge on any atom is -0.340 e. The lowest BCUT2D eigenvalue weighted by molar-refractivity contribution is 1.26. The third-order valence-corrected chi connectivity index (χ3v) is 2.24. The second-order valence-electron chi connectivity index (χ2n) is 3.43. The summed E-state index contributed by atoms with van der Waals surface area (Å²) in [5.74, 6) is 0.814. The van der Waals surface area contributed by atoms with Gasteiger partial charge in [0.25, 0.3) is 0 Å². The molecule has 4 heteroatoms. The molecule has 2 aromatic rings. The number of hydrogen-bond donors (Lipinski definition) is 1. The molecule has 0 fully saturated rings. The van der Waals surface area contributed by atoms with Gasteiger partial charge in [0.2, 0.25) is 0 Å². The van der Waals surface area contributed by atoms with Crippen LogP contribution in [0, 0.1) is 11.8 Å². The Morgan fingerprint density at radius 2 is 1.94 bits per heavy atom. The molecular formula is C12H11N3O. The molecule has 0 aliphatic carbocycles. The molecule has 0 bridgehead atoms. The molecule has 80 valence electrons. The molecular weight excluding hydrogens is 202 g/mol. The van der Waals surface area contributed by atoms with Gasteiger partial charge in [-0.3, -0.25) is 0 Å². The zero-order valence-electron chi connectivity index (χ0n) is 8.84. The standard InChI is InChI=1S/C12H11N3O/c1-9-3-2-8-13-12(9)14-10-4-6-11(15-16)7-5-10/h2-8H,1H3,(H,13,14). The van der Waals surface area contributed by atoms with Gasteiger partial charge >= 0.3 is 0 Å². The predicted octanol–water partition coefficient (Wildman–Crippen LogP) is 3.53. The van der Waals surface area contributed by atoms with Gasteiger partial charge in [-0.1, -0.05) is 6.07 Å². The molecule has 0 aliphatic rings. The lowest BCUT2D eigenvalue weighted by atomic mass is 10.2. The van der Waals surface area contributed by atoms with Gasteiger partial charge in [-0.2, -0.15) is 0 Å². The smallest absolute Gasteiger partial charge is 0.133 e. The van der Waals surface area contributed by atoms with Crippen LogP contribution in [0.3, 0.4) is 0 Å². The monoisotopic (exact) mass is 213 g/mol. The van der Waals surface area contributed by atoms with E-state index in [0.717, 1.165) is 17.1 Å². The van der Waals surface area contributed by atoms with Crippen LogP contribution in [0.4, 0.5) is 17.2 Å². The van der Waals surface area contributed by atoms with E-state index in [0.29, 0.717) is 5.69 Å². The van der Waals surface area contributed by atoms with E-state index in [1.165, 1.54) is 0 Å². The first kappa shape index (κ1) is 10.3. The molecule has 2 rings (SSSR count). The molecule has 0 atom stereocenters. The van der Waals surface area contributed by atoms with Crippen molar-refractivity contribution in [2.24, 2.45) is 5.18 Å². The highest BCUT2D eigenvalue weighted by molar-refractivity contribution is 5.60. The molecule has 4 nitrogen and oxygen atoms in total. The van der Waals surface area contributed by atoms with Crippen LogP contribution in [-0.4, -0.2) is 4.98 Å². The molecule has 0 unspecified atom stereocenters. The summed E-state index contributed by atoms with van der Waals surface area (Å²) >= 11 is 0. The van der Waals surface area contributed by atoms with Gasteiger partial charge in [-0.25, -0.2) is 4.98 Å². The summed E-state index contributed by atoms with van der Waals surface area (Å²) in [6.07, 6.45) is 1.73. The van der Waals surface area contributed by atoms with Crippen molar-refractivity contribution in [3.05, 3.63) is 53.1 Å². The highest BCUT2D eigenvalue weighted by atomic mass is 16.3. The highest BCUT2D eigenvalue weighted by Crippen LogP contribution is 2.20. The quantitative estimate of drug-likeness (QED) is 0.793. The minimum atomic E-state index is 0.420. The van der Waals surface area contributed by atoms with Crippen molar-refractivity contribution >= 4 is 17.2 Å². The SMILES string of the molecule is Cc1cccnc1Nc1ccc(N=O)cc1. The van der Waals surface area contributed by atoms with Crippen molar-refractivity contribution in [3.8, 4) is 0 Å². The average molecular weight is 213 g/mol. The Morgan fingerprint density at radius 3 is 2.56 bits per heavy atom. The number of aryl methyl sites for hydroxylation is 1. The molecule has 1 aromatic heterocycles. The number of nitroso groups, excluding NO2 is 1. The van der Waals surface area contributed by atoms with Gasteiger partial charge in [-0.15, -0.1) is 4.91 Å². The number of rotatable bonds is 3. The zero-order chi connectivity index (χ0) is 11.4. The number of nitrogens with one attached hydrogen (secondary N) is 1. The topological polar surface area (TPSA) is 54.4 Å². The van der Waals surface area contributed by atoms with Gasteiger partial charge in [0, 0.05) is 11.9 Å². The number of hydrogen-bond acceptors (Lipinski definition) is 4. The zero-order valence-corrected chi connectivity index (χ0v) is 8.84.